The molecule has 0 fully saturated rings. The van der Waals surface area contributed by atoms with Gasteiger partial charge in [-0.25, -0.2) is 0 Å². The van der Waals surface area contributed by atoms with Crippen LogP contribution in [0.2, 0.25) is 0 Å². The minimum atomic E-state index is -0.164. The maximum absolute atomic E-state index is 11.9. The molecule has 0 bridgehead atoms. The standard InChI is InChI=1S/C20H20N2O2S/c23-19(14-22-12-4-3-10-20(22)24)21-11-13-25-15-17-8-5-7-16-6-1-2-9-18(16)17/h1-10,12H,11,13-15H2,(H,21,23). The molecule has 128 valence electrons. The summed E-state index contributed by atoms with van der Waals surface area (Å²) in [5, 5.41) is 5.40. The number of amides is 1. The summed E-state index contributed by atoms with van der Waals surface area (Å²) in [5.74, 6) is 1.60. The number of carbonyl (C=O) groups excluding carboxylic acids is 1. The van der Waals surface area contributed by atoms with E-state index in [0.717, 1.165) is 11.5 Å². The summed E-state index contributed by atoms with van der Waals surface area (Å²) in [6, 6.07) is 19.6. The highest BCUT2D eigenvalue weighted by Gasteiger charge is 2.04. The molecule has 1 heterocycles. The molecular formula is C20H20N2O2S. The van der Waals surface area contributed by atoms with Gasteiger partial charge >= 0.3 is 0 Å². The number of thioether (sulfide) groups is 1. The molecule has 0 aliphatic heterocycles. The minimum Gasteiger partial charge on any atom is -0.354 e. The van der Waals surface area contributed by atoms with Crippen LogP contribution in [-0.2, 0) is 17.1 Å². The SMILES string of the molecule is O=C(Cn1ccccc1=O)NCCSCc1cccc2ccccc12. The van der Waals surface area contributed by atoms with Gasteiger partial charge < -0.3 is 9.88 Å². The highest BCUT2D eigenvalue weighted by molar-refractivity contribution is 7.98. The van der Waals surface area contributed by atoms with Crippen molar-refractivity contribution in [1.29, 1.82) is 0 Å². The zero-order valence-corrected chi connectivity index (χ0v) is 14.7. The average molecular weight is 352 g/mol. The van der Waals surface area contributed by atoms with Gasteiger partial charge in [0.15, 0.2) is 0 Å². The van der Waals surface area contributed by atoms with Crippen molar-refractivity contribution in [2.75, 3.05) is 12.3 Å². The summed E-state index contributed by atoms with van der Waals surface area (Å²) in [6.45, 7) is 0.656. The molecule has 4 nitrogen and oxygen atoms in total. The minimum absolute atomic E-state index is 0.0632. The second-order valence-corrected chi connectivity index (χ2v) is 6.81. The maximum Gasteiger partial charge on any atom is 0.250 e. The van der Waals surface area contributed by atoms with E-state index < -0.39 is 0 Å². The molecule has 1 amide bonds. The first-order valence-electron chi connectivity index (χ1n) is 8.20. The quantitative estimate of drug-likeness (QED) is 0.665. The van der Waals surface area contributed by atoms with E-state index in [9.17, 15) is 9.59 Å². The molecule has 0 aliphatic carbocycles. The molecule has 2 aromatic carbocycles. The molecule has 1 aromatic heterocycles. The summed E-state index contributed by atoms with van der Waals surface area (Å²) < 4.78 is 1.40. The van der Waals surface area contributed by atoms with Crippen LogP contribution in [0.4, 0.5) is 0 Å². The number of carbonyl (C=O) groups is 1. The molecule has 0 saturated carbocycles. The van der Waals surface area contributed by atoms with Crippen molar-refractivity contribution in [2.24, 2.45) is 0 Å². The summed E-state index contributed by atoms with van der Waals surface area (Å²) in [5.41, 5.74) is 1.15. The molecule has 25 heavy (non-hydrogen) atoms. The lowest BCUT2D eigenvalue weighted by Gasteiger charge is -2.08. The number of hydrogen-bond acceptors (Lipinski definition) is 3. The van der Waals surface area contributed by atoms with E-state index >= 15 is 0 Å². The van der Waals surface area contributed by atoms with Crippen molar-refractivity contribution in [2.45, 2.75) is 12.3 Å². The van der Waals surface area contributed by atoms with E-state index in [1.807, 2.05) is 6.07 Å². The number of nitrogens with zero attached hydrogens (tertiary/aromatic N) is 1. The average Bonchev–Trinajstić information content (AvgIpc) is 2.63. The predicted octanol–water partition coefficient (Wildman–Crippen LogP) is 3.05. The zero-order chi connectivity index (χ0) is 17.5. The Morgan fingerprint density at radius 1 is 1.00 bits per heavy atom. The highest BCUT2D eigenvalue weighted by Crippen LogP contribution is 2.22. The van der Waals surface area contributed by atoms with Gasteiger partial charge in [0.05, 0.1) is 0 Å². The molecule has 0 radical (unpaired) electrons. The van der Waals surface area contributed by atoms with Gasteiger partial charge in [0.25, 0.3) is 5.56 Å². The fraction of sp³-hybridized carbons (Fsp3) is 0.200. The number of nitrogens with one attached hydrogen (secondary N) is 1. The van der Waals surface area contributed by atoms with Crippen LogP contribution < -0.4 is 10.9 Å². The molecule has 1 N–H and O–H groups in total. The fourth-order valence-corrected chi connectivity index (χ4v) is 3.53. The number of fused-ring (bicyclic) bond motifs is 1. The number of hydrogen-bond donors (Lipinski definition) is 1. The predicted molar refractivity (Wildman–Crippen MR) is 104 cm³/mol. The van der Waals surface area contributed by atoms with Crippen LogP contribution in [0.5, 0.6) is 0 Å². The summed E-state index contributed by atoms with van der Waals surface area (Å²) in [4.78, 5) is 23.5. The van der Waals surface area contributed by atoms with E-state index in [2.05, 4.69) is 41.7 Å². The summed E-state index contributed by atoms with van der Waals surface area (Å²) >= 11 is 1.79. The Morgan fingerprint density at radius 3 is 2.68 bits per heavy atom. The van der Waals surface area contributed by atoms with E-state index in [1.54, 1.807) is 30.1 Å². The number of aromatic nitrogens is 1. The van der Waals surface area contributed by atoms with Gasteiger partial charge in [-0.1, -0.05) is 48.5 Å². The van der Waals surface area contributed by atoms with Gasteiger partial charge in [0, 0.05) is 30.3 Å². The fourth-order valence-electron chi connectivity index (χ4n) is 2.66. The maximum atomic E-state index is 11.9. The number of pyridine rings is 1. The van der Waals surface area contributed by atoms with Crippen molar-refractivity contribution in [3.8, 4) is 0 Å². The second kappa shape index (κ2) is 8.53. The van der Waals surface area contributed by atoms with Crippen molar-refractivity contribution >= 4 is 28.4 Å². The van der Waals surface area contributed by atoms with E-state index in [1.165, 1.54) is 27.0 Å². The van der Waals surface area contributed by atoms with Crippen LogP contribution in [0.25, 0.3) is 10.8 Å². The third-order valence-corrected chi connectivity index (χ3v) is 4.93. The third kappa shape index (κ3) is 4.73. The monoisotopic (exact) mass is 352 g/mol. The Morgan fingerprint density at radius 2 is 1.80 bits per heavy atom. The Labute approximate surface area is 150 Å². The Kier molecular flexibility index (Phi) is 5.90. The Balaban J connectivity index is 1.43. The molecule has 3 aromatic rings. The largest absolute Gasteiger partial charge is 0.354 e. The van der Waals surface area contributed by atoms with Crippen LogP contribution in [0.3, 0.4) is 0 Å². The van der Waals surface area contributed by atoms with Gasteiger partial charge in [-0.15, -0.1) is 0 Å². The van der Waals surface area contributed by atoms with Crippen LogP contribution in [0.1, 0.15) is 5.56 Å². The Hall–Kier alpha value is -2.53. The first-order valence-corrected chi connectivity index (χ1v) is 9.36. The van der Waals surface area contributed by atoms with E-state index in [4.69, 9.17) is 0 Å². The van der Waals surface area contributed by atoms with Crippen molar-refractivity contribution in [3.63, 3.8) is 0 Å². The summed E-state index contributed by atoms with van der Waals surface area (Å²) in [7, 11) is 0. The normalized spacial score (nSPS) is 10.7. The smallest absolute Gasteiger partial charge is 0.250 e. The van der Waals surface area contributed by atoms with Gasteiger partial charge in [0.2, 0.25) is 5.91 Å². The number of rotatable bonds is 7. The molecule has 0 spiro atoms. The van der Waals surface area contributed by atoms with Gasteiger partial charge in [0.1, 0.15) is 6.54 Å². The molecule has 0 saturated heterocycles. The highest BCUT2D eigenvalue weighted by atomic mass is 32.2. The van der Waals surface area contributed by atoms with Gasteiger partial charge in [-0.2, -0.15) is 11.8 Å². The lowest BCUT2D eigenvalue weighted by atomic mass is 10.1. The Bertz CT molecular complexity index is 915. The molecule has 3 rings (SSSR count). The molecular weight excluding hydrogens is 332 g/mol. The third-order valence-electron chi connectivity index (χ3n) is 3.92. The molecule has 5 heteroatoms. The molecule has 0 atom stereocenters. The summed E-state index contributed by atoms with van der Waals surface area (Å²) in [6.07, 6.45) is 1.62. The van der Waals surface area contributed by atoms with Crippen LogP contribution in [0, 0.1) is 0 Å². The lowest BCUT2D eigenvalue weighted by Crippen LogP contribution is -2.32. The molecule has 0 aliphatic rings. The zero-order valence-electron chi connectivity index (χ0n) is 13.9. The first-order chi connectivity index (χ1) is 12.2. The van der Waals surface area contributed by atoms with Crippen molar-refractivity contribution < 1.29 is 4.79 Å². The van der Waals surface area contributed by atoms with Gasteiger partial charge in [-0.3, -0.25) is 9.59 Å². The molecule has 0 unspecified atom stereocenters. The van der Waals surface area contributed by atoms with Crippen LogP contribution in [-0.4, -0.2) is 22.8 Å². The van der Waals surface area contributed by atoms with Crippen molar-refractivity contribution in [1.82, 2.24) is 9.88 Å². The van der Waals surface area contributed by atoms with Gasteiger partial charge in [-0.05, 0) is 22.4 Å². The lowest BCUT2D eigenvalue weighted by molar-refractivity contribution is -0.121. The topological polar surface area (TPSA) is 51.1 Å². The van der Waals surface area contributed by atoms with Crippen LogP contribution in [0.15, 0.2) is 71.7 Å². The van der Waals surface area contributed by atoms with E-state index in [0.29, 0.717) is 6.54 Å². The number of benzene rings is 2. The first kappa shape index (κ1) is 17.3. The second-order valence-electron chi connectivity index (χ2n) is 5.71. The van der Waals surface area contributed by atoms with E-state index in [-0.39, 0.29) is 18.0 Å². The van der Waals surface area contributed by atoms with Crippen molar-refractivity contribution in [3.05, 3.63) is 82.8 Å². The van der Waals surface area contributed by atoms with Crippen LogP contribution >= 0.6 is 11.8 Å².